The molecule has 0 spiro atoms. The number of nitrogens with zero attached hydrogens (tertiary/aromatic N) is 3. The molecule has 1 aliphatic rings. The van der Waals surface area contributed by atoms with Crippen LogP contribution in [0.1, 0.15) is 35.1 Å². The molecule has 3 aromatic rings. The number of hydrogen-bond donors (Lipinski definition) is 0. The zero-order chi connectivity index (χ0) is 18.8. The summed E-state index contributed by atoms with van der Waals surface area (Å²) in [6, 6.07) is 14.2. The lowest BCUT2D eigenvalue weighted by Gasteiger charge is -2.22. The predicted molar refractivity (Wildman–Crippen MR) is 101 cm³/mol. The van der Waals surface area contributed by atoms with Crippen molar-refractivity contribution in [2.45, 2.75) is 18.9 Å². The lowest BCUT2D eigenvalue weighted by Crippen LogP contribution is -2.31. The van der Waals surface area contributed by atoms with Gasteiger partial charge in [-0.3, -0.25) is 4.79 Å². The Hall–Kier alpha value is -2.86. The molecular weight excluding hydrogens is 366 g/mol. The van der Waals surface area contributed by atoms with E-state index in [0.29, 0.717) is 34.6 Å². The average molecular weight is 384 g/mol. The van der Waals surface area contributed by atoms with E-state index in [0.717, 1.165) is 18.4 Å². The summed E-state index contributed by atoms with van der Waals surface area (Å²) in [5.74, 6) is 1.35. The van der Waals surface area contributed by atoms with E-state index < -0.39 is 0 Å². The molecule has 0 aliphatic carbocycles. The number of rotatable bonds is 4. The summed E-state index contributed by atoms with van der Waals surface area (Å²) in [5.41, 5.74) is 1.31. The zero-order valence-corrected chi connectivity index (χ0v) is 15.5. The van der Waals surface area contributed by atoms with Crippen LogP contribution in [0, 0.1) is 0 Å². The monoisotopic (exact) mass is 383 g/mol. The Morgan fingerprint density at radius 2 is 2.11 bits per heavy atom. The third kappa shape index (κ3) is 3.40. The fourth-order valence-corrected chi connectivity index (χ4v) is 3.55. The SMILES string of the molecule is COc1ccccc1C(=O)N1CCCC1c1nc(-c2cccc(Cl)c2)no1. The fourth-order valence-electron chi connectivity index (χ4n) is 3.36. The Kier molecular flexibility index (Phi) is 4.81. The summed E-state index contributed by atoms with van der Waals surface area (Å²) >= 11 is 6.04. The molecule has 138 valence electrons. The summed E-state index contributed by atoms with van der Waals surface area (Å²) in [7, 11) is 1.56. The minimum Gasteiger partial charge on any atom is -0.496 e. The molecule has 1 fully saturated rings. The molecule has 2 aromatic carbocycles. The number of carbonyl (C=O) groups is 1. The largest absolute Gasteiger partial charge is 0.496 e. The summed E-state index contributed by atoms with van der Waals surface area (Å²) in [5, 5.41) is 4.67. The maximum atomic E-state index is 13.1. The van der Waals surface area contributed by atoms with Crippen LogP contribution >= 0.6 is 11.6 Å². The van der Waals surface area contributed by atoms with Crippen molar-refractivity contribution in [3.8, 4) is 17.1 Å². The van der Waals surface area contributed by atoms with Gasteiger partial charge in [0, 0.05) is 17.1 Å². The minimum absolute atomic E-state index is 0.0996. The molecular formula is C20H18ClN3O3. The lowest BCUT2D eigenvalue weighted by molar-refractivity contribution is 0.0706. The molecule has 1 unspecified atom stereocenters. The van der Waals surface area contributed by atoms with E-state index in [1.807, 2.05) is 24.3 Å². The molecule has 1 aromatic heterocycles. The number of para-hydroxylation sites is 1. The number of halogens is 1. The van der Waals surface area contributed by atoms with E-state index in [-0.39, 0.29) is 11.9 Å². The molecule has 0 N–H and O–H groups in total. The normalized spacial score (nSPS) is 16.5. The number of hydrogen-bond acceptors (Lipinski definition) is 5. The summed E-state index contributed by atoms with van der Waals surface area (Å²) in [4.78, 5) is 19.4. The molecule has 27 heavy (non-hydrogen) atoms. The van der Waals surface area contributed by atoms with Gasteiger partial charge in [0.1, 0.15) is 11.8 Å². The van der Waals surface area contributed by atoms with Crippen molar-refractivity contribution in [2.24, 2.45) is 0 Å². The van der Waals surface area contributed by atoms with Crippen molar-refractivity contribution in [1.29, 1.82) is 0 Å². The first kappa shape index (κ1) is 17.5. The molecule has 1 atom stereocenters. The second kappa shape index (κ2) is 7.40. The lowest BCUT2D eigenvalue weighted by atomic mass is 10.1. The van der Waals surface area contributed by atoms with Crippen molar-refractivity contribution in [3.05, 3.63) is 65.0 Å². The van der Waals surface area contributed by atoms with Gasteiger partial charge in [-0.25, -0.2) is 0 Å². The van der Waals surface area contributed by atoms with Gasteiger partial charge in [-0.05, 0) is 37.1 Å². The van der Waals surface area contributed by atoms with Crippen LogP contribution in [-0.2, 0) is 0 Å². The molecule has 1 aliphatic heterocycles. The number of benzene rings is 2. The van der Waals surface area contributed by atoms with Crippen molar-refractivity contribution < 1.29 is 14.1 Å². The second-order valence-corrected chi connectivity index (χ2v) is 6.76. The van der Waals surface area contributed by atoms with Crippen LogP contribution < -0.4 is 4.74 Å². The summed E-state index contributed by atoms with van der Waals surface area (Å²) in [6.07, 6.45) is 1.65. The first-order chi connectivity index (χ1) is 13.2. The van der Waals surface area contributed by atoms with E-state index in [2.05, 4.69) is 10.1 Å². The van der Waals surface area contributed by atoms with Gasteiger partial charge in [-0.15, -0.1) is 0 Å². The van der Waals surface area contributed by atoms with Crippen LogP contribution in [-0.4, -0.2) is 34.6 Å². The van der Waals surface area contributed by atoms with Crippen LogP contribution in [0.25, 0.3) is 11.4 Å². The quantitative estimate of drug-likeness (QED) is 0.668. The maximum absolute atomic E-state index is 13.1. The highest BCUT2D eigenvalue weighted by Gasteiger charge is 2.35. The van der Waals surface area contributed by atoms with Gasteiger partial charge in [0.15, 0.2) is 0 Å². The highest BCUT2D eigenvalue weighted by atomic mass is 35.5. The Balaban J connectivity index is 1.61. The number of aromatic nitrogens is 2. The maximum Gasteiger partial charge on any atom is 0.258 e. The number of ether oxygens (including phenoxy) is 1. The summed E-state index contributed by atoms with van der Waals surface area (Å²) in [6.45, 7) is 0.635. The van der Waals surface area contributed by atoms with Gasteiger partial charge >= 0.3 is 0 Å². The van der Waals surface area contributed by atoms with Gasteiger partial charge < -0.3 is 14.2 Å². The molecule has 4 rings (SSSR count). The van der Waals surface area contributed by atoms with E-state index >= 15 is 0 Å². The predicted octanol–water partition coefficient (Wildman–Crippen LogP) is 4.38. The van der Waals surface area contributed by atoms with Gasteiger partial charge in [0.05, 0.1) is 12.7 Å². The summed E-state index contributed by atoms with van der Waals surface area (Å²) < 4.78 is 10.8. The van der Waals surface area contributed by atoms with Crippen LogP contribution in [0.3, 0.4) is 0 Å². The number of methoxy groups -OCH3 is 1. The Bertz CT molecular complexity index is 972. The molecule has 0 radical (unpaired) electrons. The van der Waals surface area contributed by atoms with Gasteiger partial charge in [-0.1, -0.05) is 41.0 Å². The number of amides is 1. The molecule has 2 heterocycles. The Morgan fingerprint density at radius 3 is 2.93 bits per heavy atom. The van der Waals surface area contributed by atoms with Crippen LogP contribution in [0.2, 0.25) is 5.02 Å². The van der Waals surface area contributed by atoms with E-state index in [1.54, 1.807) is 36.3 Å². The van der Waals surface area contributed by atoms with Crippen molar-refractivity contribution in [2.75, 3.05) is 13.7 Å². The smallest absolute Gasteiger partial charge is 0.258 e. The highest BCUT2D eigenvalue weighted by Crippen LogP contribution is 2.34. The first-order valence-corrected chi connectivity index (χ1v) is 9.08. The van der Waals surface area contributed by atoms with Crippen molar-refractivity contribution in [1.82, 2.24) is 15.0 Å². The Labute approximate surface area is 161 Å². The van der Waals surface area contributed by atoms with Crippen LogP contribution in [0.5, 0.6) is 5.75 Å². The standard InChI is InChI=1S/C20H18ClN3O3/c1-26-17-10-3-2-8-15(17)20(25)24-11-5-9-16(24)19-22-18(23-27-19)13-6-4-7-14(21)12-13/h2-4,6-8,10,12,16H,5,9,11H2,1H3. The Morgan fingerprint density at radius 1 is 1.26 bits per heavy atom. The molecule has 1 amide bonds. The van der Waals surface area contributed by atoms with Gasteiger partial charge in [0.25, 0.3) is 5.91 Å². The molecule has 0 saturated carbocycles. The van der Waals surface area contributed by atoms with Crippen molar-refractivity contribution >= 4 is 17.5 Å². The molecule has 0 bridgehead atoms. The number of carbonyl (C=O) groups excluding carboxylic acids is 1. The second-order valence-electron chi connectivity index (χ2n) is 6.32. The van der Waals surface area contributed by atoms with Crippen LogP contribution in [0.15, 0.2) is 53.1 Å². The van der Waals surface area contributed by atoms with Crippen molar-refractivity contribution in [3.63, 3.8) is 0 Å². The first-order valence-electron chi connectivity index (χ1n) is 8.71. The van der Waals surface area contributed by atoms with Crippen LogP contribution in [0.4, 0.5) is 0 Å². The fraction of sp³-hybridized carbons (Fsp3) is 0.250. The van der Waals surface area contributed by atoms with Gasteiger partial charge in [-0.2, -0.15) is 4.98 Å². The van der Waals surface area contributed by atoms with Gasteiger partial charge in [0.2, 0.25) is 11.7 Å². The molecule has 1 saturated heterocycles. The third-order valence-electron chi connectivity index (χ3n) is 4.66. The van der Waals surface area contributed by atoms with E-state index in [4.69, 9.17) is 20.9 Å². The number of likely N-dealkylation sites (tertiary alicyclic amines) is 1. The third-order valence-corrected chi connectivity index (χ3v) is 4.90. The average Bonchev–Trinajstić information content (AvgIpc) is 3.36. The topological polar surface area (TPSA) is 68.5 Å². The van der Waals surface area contributed by atoms with E-state index in [9.17, 15) is 4.79 Å². The highest BCUT2D eigenvalue weighted by molar-refractivity contribution is 6.30. The molecule has 6 nitrogen and oxygen atoms in total. The zero-order valence-electron chi connectivity index (χ0n) is 14.8. The minimum atomic E-state index is -0.247. The molecule has 7 heteroatoms. The van der Waals surface area contributed by atoms with E-state index in [1.165, 1.54) is 0 Å².